The molecule has 0 atom stereocenters. The van der Waals surface area contributed by atoms with E-state index in [2.05, 4.69) is 32.1 Å². The lowest BCUT2D eigenvalue weighted by atomic mass is 10.2. The summed E-state index contributed by atoms with van der Waals surface area (Å²) in [7, 11) is 0. The van der Waals surface area contributed by atoms with Crippen LogP contribution in [0, 0.1) is 0 Å². The van der Waals surface area contributed by atoms with Gasteiger partial charge in [0.05, 0.1) is 11.9 Å². The zero-order valence-electron chi connectivity index (χ0n) is 13.0. The van der Waals surface area contributed by atoms with Crippen molar-refractivity contribution in [3.8, 4) is 11.5 Å². The number of aromatic amines is 1. The van der Waals surface area contributed by atoms with Crippen molar-refractivity contribution in [1.82, 2.24) is 9.97 Å². The molecule has 0 bridgehead atoms. The molecule has 5 nitrogen and oxygen atoms in total. The molecule has 0 radical (unpaired) electrons. The number of fused-ring (bicyclic) bond motifs is 1. The molecule has 0 saturated heterocycles. The third-order valence-electron chi connectivity index (χ3n) is 3.63. The summed E-state index contributed by atoms with van der Waals surface area (Å²) in [5, 5.41) is 4.33. The van der Waals surface area contributed by atoms with Gasteiger partial charge in [0, 0.05) is 28.5 Å². The van der Waals surface area contributed by atoms with Crippen LogP contribution in [0.25, 0.3) is 22.4 Å². The third kappa shape index (κ3) is 2.96. The van der Waals surface area contributed by atoms with Crippen LogP contribution in [0.1, 0.15) is 0 Å². The molecule has 24 heavy (non-hydrogen) atoms. The average Bonchev–Trinajstić information content (AvgIpc) is 3.21. The maximum absolute atomic E-state index is 5.82. The molecule has 6 heteroatoms. The van der Waals surface area contributed by atoms with E-state index in [0.29, 0.717) is 11.8 Å². The number of hydrogen-bond acceptors (Lipinski definition) is 5. The SMILES string of the molecule is CSNc1cccc(Nc2ncc(-c3cc4ccccc4[nH]3)o2)c1. The molecule has 0 amide bonds. The van der Waals surface area contributed by atoms with E-state index >= 15 is 0 Å². The minimum absolute atomic E-state index is 0.463. The van der Waals surface area contributed by atoms with Gasteiger partial charge >= 0.3 is 0 Å². The Kier molecular flexibility index (Phi) is 3.88. The highest BCUT2D eigenvalue weighted by molar-refractivity contribution is 7.99. The van der Waals surface area contributed by atoms with Crippen LogP contribution in [-0.2, 0) is 0 Å². The van der Waals surface area contributed by atoms with E-state index in [1.54, 1.807) is 18.1 Å². The second-order valence-electron chi connectivity index (χ2n) is 5.31. The second-order valence-corrected chi connectivity index (χ2v) is 5.92. The number of nitrogens with one attached hydrogen (secondary N) is 3. The molecular weight excluding hydrogens is 320 g/mol. The fourth-order valence-corrected chi connectivity index (χ4v) is 2.93. The van der Waals surface area contributed by atoms with Crippen LogP contribution < -0.4 is 10.0 Å². The molecule has 0 saturated carbocycles. The first-order valence-corrected chi connectivity index (χ1v) is 8.74. The largest absolute Gasteiger partial charge is 0.422 e. The highest BCUT2D eigenvalue weighted by atomic mass is 32.2. The van der Waals surface area contributed by atoms with E-state index < -0.39 is 0 Å². The van der Waals surface area contributed by atoms with Gasteiger partial charge in [-0.2, -0.15) is 0 Å². The smallest absolute Gasteiger partial charge is 0.299 e. The Labute approximate surface area is 143 Å². The highest BCUT2D eigenvalue weighted by Crippen LogP contribution is 2.27. The van der Waals surface area contributed by atoms with Crippen molar-refractivity contribution in [2.75, 3.05) is 16.3 Å². The molecule has 0 spiro atoms. The molecule has 0 aliphatic carbocycles. The Morgan fingerprint density at radius 3 is 2.79 bits per heavy atom. The second kappa shape index (κ2) is 6.33. The number of aromatic nitrogens is 2. The molecule has 2 heterocycles. The maximum atomic E-state index is 5.82. The van der Waals surface area contributed by atoms with E-state index in [4.69, 9.17) is 4.42 Å². The molecule has 0 aliphatic heterocycles. The number of hydrogen-bond donors (Lipinski definition) is 3. The van der Waals surface area contributed by atoms with E-state index in [0.717, 1.165) is 28.0 Å². The first-order valence-electron chi connectivity index (χ1n) is 7.52. The summed E-state index contributed by atoms with van der Waals surface area (Å²) in [5.74, 6) is 0.701. The first kappa shape index (κ1) is 14.7. The van der Waals surface area contributed by atoms with Gasteiger partial charge in [0.1, 0.15) is 0 Å². The lowest BCUT2D eigenvalue weighted by molar-refractivity contribution is 0.590. The van der Waals surface area contributed by atoms with Gasteiger partial charge in [-0.05, 0) is 30.3 Å². The van der Waals surface area contributed by atoms with Crippen molar-refractivity contribution in [2.45, 2.75) is 0 Å². The molecule has 2 aromatic heterocycles. The minimum atomic E-state index is 0.463. The Morgan fingerprint density at radius 2 is 1.92 bits per heavy atom. The Hall–Kier alpha value is -2.86. The van der Waals surface area contributed by atoms with Crippen molar-refractivity contribution in [3.05, 3.63) is 60.8 Å². The number of anilines is 3. The van der Waals surface area contributed by atoms with Gasteiger partial charge in [0.15, 0.2) is 5.76 Å². The molecular formula is C18H16N4OS. The fraction of sp³-hybridized carbons (Fsp3) is 0.0556. The Balaban J connectivity index is 1.57. The molecule has 0 unspecified atom stereocenters. The van der Waals surface area contributed by atoms with Crippen molar-refractivity contribution >= 4 is 40.2 Å². The molecule has 0 fully saturated rings. The standard InChI is InChI=1S/C18H16N4OS/c1-24-22-14-7-4-6-13(10-14)20-18-19-11-17(23-18)16-9-12-5-2-3-8-15(12)21-16/h2-11,21-22H,1H3,(H,19,20). The van der Waals surface area contributed by atoms with Gasteiger partial charge < -0.3 is 19.4 Å². The van der Waals surface area contributed by atoms with Gasteiger partial charge in [-0.1, -0.05) is 36.2 Å². The molecule has 4 rings (SSSR count). The monoisotopic (exact) mass is 336 g/mol. The zero-order chi connectivity index (χ0) is 16.4. The van der Waals surface area contributed by atoms with Crippen LogP contribution in [0.15, 0.2) is 65.2 Å². The van der Waals surface area contributed by atoms with Crippen LogP contribution in [0.5, 0.6) is 0 Å². The summed E-state index contributed by atoms with van der Waals surface area (Å²) in [5.41, 5.74) is 3.93. The van der Waals surface area contributed by atoms with Gasteiger partial charge in [-0.15, -0.1) is 0 Å². The third-order valence-corrected chi connectivity index (χ3v) is 4.07. The summed E-state index contributed by atoms with van der Waals surface area (Å²) in [6.07, 6.45) is 3.71. The quantitative estimate of drug-likeness (QED) is 0.434. The van der Waals surface area contributed by atoms with Gasteiger partial charge in [0.25, 0.3) is 6.01 Å². The van der Waals surface area contributed by atoms with E-state index in [9.17, 15) is 0 Å². The summed E-state index contributed by atoms with van der Waals surface area (Å²) in [4.78, 5) is 7.65. The van der Waals surface area contributed by atoms with Crippen molar-refractivity contribution in [1.29, 1.82) is 0 Å². The van der Waals surface area contributed by atoms with E-state index in [1.807, 2.05) is 48.7 Å². The maximum Gasteiger partial charge on any atom is 0.299 e. The summed E-state index contributed by atoms with van der Waals surface area (Å²) >= 11 is 1.55. The lowest BCUT2D eigenvalue weighted by Gasteiger charge is -2.05. The number of para-hydroxylation sites is 1. The molecule has 120 valence electrons. The number of rotatable bonds is 5. The molecule has 3 N–H and O–H groups in total. The van der Waals surface area contributed by atoms with Crippen LogP contribution in [0.2, 0.25) is 0 Å². The van der Waals surface area contributed by atoms with Crippen molar-refractivity contribution in [3.63, 3.8) is 0 Å². The van der Waals surface area contributed by atoms with E-state index in [-0.39, 0.29) is 0 Å². The summed E-state index contributed by atoms with van der Waals surface area (Å²) in [6.45, 7) is 0. The predicted octanol–water partition coefficient (Wildman–Crippen LogP) is 5.26. The fourth-order valence-electron chi connectivity index (χ4n) is 2.56. The van der Waals surface area contributed by atoms with Crippen LogP contribution in [0.3, 0.4) is 0 Å². The van der Waals surface area contributed by atoms with E-state index in [1.165, 1.54) is 0 Å². The molecule has 0 aliphatic rings. The highest BCUT2D eigenvalue weighted by Gasteiger charge is 2.09. The number of benzene rings is 2. The average molecular weight is 336 g/mol. The Morgan fingerprint density at radius 1 is 1.04 bits per heavy atom. The predicted molar refractivity (Wildman–Crippen MR) is 101 cm³/mol. The normalized spacial score (nSPS) is 10.9. The Bertz CT molecular complexity index is 943. The first-order chi connectivity index (χ1) is 11.8. The number of nitrogens with zero attached hydrogens (tertiary/aromatic N) is 1. The van der Waals surface area contributed by atoms with Gasteiger partial charge in [-0.3, -0.25) is 0 Å². The van der Waals surface area contributed by atoms with Crippen LogP contribution >= 0.6 is 11.9 Å². The van der Waals surface area contributed by atoms with Gasteiger partial charge in [-0.25, -0.2) is 4.98 Å². The summed E-state index contributed by atoms with van der Waals surface area (Å²) < 4.78 is 9.02. The van der Waals surface area contributed by atoms with Gasteiger partial charge in [0.2, 0.25) is 0 Å². The number of oxazole rings is 1. The van der Waals surface area contributed by atoms with Crippen LogP contribution in [0.4, 0.5) is 17.4 Å². The lowest BCUT2D eigenvalue weighted by Crippen LogP contribution is -1.91. The minimum Gasteiger partial charge on any atom is -0.422 e. The molecule has 4 aromatic rings. The topological polar surface area (TPSA) is 65.9 Å². The number of H-pyrrole nitrogens is 1. The van der Waals surface area contributed by atoms with Crippen LogP contribution in [-0.4, -0.2) is 16.2 Å². The van der Waals surface area contributed by atoms with Crippen molar-refractivity contribution in [2.24, 2.45) is 0 Å². The summed E-state index contributed by atoms with van der Waals surface area (Å²) in [6, 6.07) is 18.6. The molecule has 2 aromatic carbocycles. The van der Waals surface area contributed by atoms with Crippen molar-refractivity contribution < 1.29 is 4.42 Å². The zero-order valence-corrected chi connectivity index (χ0v) is 13.9.